The van der Waals surface area contributed by atoms with Crippen molar-refractivity contribution in [1.29, 1.82) is 0 Å². The van der Waals surface area contributed by atoms with Crippen molar-refractivity contribution in [3.05, 3.63) is 53.9 Å². The minimum absolute atomic E-state index is 0.0239. The van der Waals surface area contributed by atoms with Gasteiger partial charge in [0.05, 0.1) is 24.4 Å². The number of nitrogens with zero attached hydrogens (tertiary/aromatic N) is 1. The second kappa shape index (κ2) is 9.80. The van der Waals surface area contributed by atoms with E-state index in [1.54, 1.807) is 24.4 Å². The molecule has 0 saturated heterocycles. The van der Waals surface area contributed by atoms with Gasteiger partial charge < -0.3 is 14.8 Å². The molecule has 1 aromatic carbocycles. The number of carbonyl (C=O) groups excluding carboxylic acids is 1. The number of rotatable bonds is 9. The summed E-state index contributed by atoms with van der Waals surface area (Å²) in [6, 6.07) is 9.42. The van der Waals surface area contributed by atoms with Crippen molar-refractivity contribution in [2.75, 3.05) is 13.2 Å². The van der Waals surface area contributed by atoms with Crippen molar-refractivity contribution in [2.45, 2.75) is 32.5 Å². The van der Waals surface area contributed by atoms with E-state index < -0.39 is 18.7 Å². The number of alkyl halides is 3. The number of amides is 1. The van der Waals surface area contributed by atoms with E-state index >= 15 is 0 Å². The summed E-state index contributed by atoms with van der Waals surface area (Å²) in [5.41, 5.74) is 0.600. The van der Waals surface area contributed by atoms with E-state index in [4.69, 9.17) is 9.47 Å². The SMILES string of the molecule is CCCCOc1ccc(OCC(F)(F)F)c(C(=O)NCc2ccccn2)c1. The highest BCUT2D eigenvalue weighted by Gasteiger charge is 2.29. The number of carbonyl (C=O) groups is 1. The molecule has 8 heteroatoms. The van der Waals surface area contributed by atoms with Gasteiger partial charge in [-0.3, -0.25) is 9.78 Å². The van der Waals surface area contributed by atoms with Crippen LogP contribution in [0, 0.1) is 0 Å². The summed E-state index contributed by atoms with van der Waals surface area (Å²) in [5.74, 6) is -0.335. The standard InChI is InChI=1S/C19H21F3N2O3/c1-2-3-10-26-15-7-8-17(27-13-19(20,21)22)16(11-15)18(25)24-12-14-6-4-5-9-23-14/h4-9,11H,2-3,10,12-13H2,1H3,(H,24,25). The van der Waals surface area contributed by atoms with Gasteiger partial charge in [-0.2, -0.15) is 13.2 Å². The predicted molar refractivity (Wildman–Crippen MR) is 93.8 cm³/mol. The maximum Gasteiger partial charge on any atom is 0.422 e. The molecule has 27 heavy (non-hydrogen) atoms. The minimum Gasteiger partial charge on any atom is -0.494 e. The van der Waals surface area contributed by atoms with Gasteiger partial charge in [-0.1, -0.05) is 19.4 Å². The molecule has 1 amide bonds. The third-order valence-electron chi connectivity index (χ3n) is 3.51. The van der Waals surface area contributed by atoms with Gasteiger partial charge in [-0.15, -0.1) is 0 Å². The van der Waals surface area contributed by atoms with Gasteiger partial charge in [0.2, 0.25) is 0 Å². The maximum absolute atomic E-state index is 12.5. The molecule has 0 bridgehead atoms. The Morgan fingerprint density at radius 2 is 2.00 bits per heavy atom. The Kier molecular flexibility index (Phi) is 7.45. The number of unbranched alkanes of at least 4 members (excludes halogenated alkanes) is 1. The summed E-state index contributed by atoms with van der Waals surface area (Å²) in [6.07, 6.45) is -1.16. The quantitative estimate of drug-likeness (QED) is 0.663. The van der Waals surface area contributed by atoms with Crippen LogP contribution in [0.2, 0.25) is 0 Å². The molecular weight excluding hydrogens is 361 g/mol. The van der Waals surface area contributed by atoms with Crippen LogP contribution in [0.15, 0.2) is 42.6 Å². The van der Waals surface area contributed by atoms with Crippen LogP contribution in [-0.4, -0.2) is 30.3 Å². The molecular formula is C19H21F3N2O3. The lowest BCUT2D eigenvalue weighted by molar-refractivity contribution is -0.153. The van der Waals surface area contributed by atoms with Crippen LogP contribution in [0.4, 0.5) is 13.2 Å². The Morgan fingerprint density at radius 1 is 1.19 bits per heavy atom. The summed E-state index contributed by atoms with van der Waals surface area (Å²) in [4.78, 5) is 16.6. The Balaban J connectivity index is 2.14. The van der Waals surface area contributed by atoms with Gasteiger partial charge in [0, 0.05) is 6.20 Å². The Bertz CT molecular complexity index is 737. The number of benzene rings is 1. The van der Waals surface area contributed by atoms with Crippen molar-refractivity contribution >= 4 is 5.91 Å². The number of hydrogen-bond acceptors (Lipinski definition) is 4. The summed E-state index contributed by atoms with van der Waals surface area (Å²) < 4.78 is 47.7. The third-order valence-corrected chi connectivity index (χ3v) is 3.51. The second-order valence-corrected chi connectivity index (χ2v) is 5.77. The highest BCUT2D eigenvalue weighted by atomic mass is 19.4. The minimum atomic E-state index is -4.50. The molecule has 5 nitrogen and oxygen atoms in total. The first kappa shape index (κ1) is 20.5. The topological polar surface area (TPSA) is 60.5 Å². The Morgan fingerprint density at radius 3 is 2.67 bits per heavy atom. The van der Waals surface area contributed by atoms with E-state index in [0.29, 0.717) is 18.1 Å². The molecule has 0 aliphatic heterocycles. The fourth-order valence-electron chi connectivity index (χ4n) is 2.16. The monoisotopic (exact) mass is 382 g/mol. The number of pyridine rings is 1. The maximum atomic E-state index is 12.5. The zero-order chi connectivity index (χ0) is 19.7. The van der Waals surface area contributed by atoms with Crippen molar-refractivity contribution in [2.24, 2.45) is 0 Å². The number of aromatic nitrogens is 1. The van der Waals surface area contributed by atoms with Gasteiger partial charge >= 0.3 is 6.18 Å². The molecule has 0 aliphatic carbocycles. The third kappa shape index (κ3) is 7.16. The first-order valence-electron chi connectivity index (χ1n) is 8.53. The Hall–Kier alpha value is -2.77. The van der Waals surface area contributed by atoms with Gasteiger partial charge in [0.25, 0.3) is 5.91 Å². The molecule has 0 spiro atoms. The number of hydrogen-bond donors (Lipinski definition) is 1. The molecule has 0 saturated carbocycles. The average molecular weight is 382 g/mol. The number of nitrogens with one attached hydrogen (secondary N) is 1. The van der Waals surface area contributed by atoms with Crippen molar-refractivity contribution in [3.8, 4) is 11.5 Å². The van der Waals surface area contributed by atoms with E-state index in [2.05, 4.69) is 10.3 Å². The lowest BCUT2D eigenvalue weighted by Crippen LogP contribution is -2.25. The summed E-state index contributed by atoms with van der Waals surface area (Å²) in [6.45, 7) is 1.12. The smallest absolute Gasteiger partial charge is 0.422 e. The second-order valence-electron chi connectivity index (χ2n) is 5.77. The average Bonchev–Trinajstić information content (AvgIpc) is 2.65. The van der Waals surface area contributed by atoms with Gasteiger partial charge in [0.1, 0.15) is 11.5 Å². The van der Waals surface area contributed by atoms with Crippen molar-refractivity contribution in [3.63, 3.8) is 0 Å². The van der Waals surface area contributed by atoms with Gasteiger partial charge in [-0.25, -0.2) is 0 Å². The van der Waals surface area contributed by atoms with Gasteiger partial charge in [0.15, 0.2) is 6.61 Å². The van der Waals surface area contributed by atoms with Crippen molar-refractivity contribution < 1.29 is 27.4 Å². The lowest BCUT2D eigenvalue weighted by Gasteiger charge is -2.15. The molecule has 0 radical (unpaired) electrons. The van der Waals surface area contributed by atoms with Crippen LogP contribution in [-0.2, 0) is 6.54 Å². The normalized spacial score (nSPS) is 11.1. The molecule has 0 atom stereocenters. The highest BCUT2D eigenvalue weighted by Crippen LogP contribution is 2.27. The molecule has 1 aromatic heterocycles. The van der Waals surface area contributed by atoms with Crippen LogP contribution < -0.4 is 14.8 Å². The summed E-state index contributed by atoms with van der Waals surface area (Å²) in [5, 5.41) is 2.63. The highest BCUT2D eigenvalue weighted by molar-refractivity contribution is 5.97. The van der Waals surface area contributed by atoms with E-state index in [1.165, 1.54) is 18.2 Å². The van der Waals surface area contributed by atoms with E-state index in [0.717, 1.165) is 12.8 Å². The van der Waals surface area contributed by atoms with Gasteiger partial charge in [-0.05, 0) is 36.8 Å². The molecule has 1 N–H and O–H groups in total. The molecule has 2 rings (SSSR count). The fraction of sp³-hybridized carbons (Fsp3) is 0.368. The van der Waals surface area contributed by atoms with E-state index in [1.807, 2.05) is 6.92 Å². The van der Waals surface area contributed by atoms with Crippen molar-refractivity contribution in [1.82, 2.24) is 10.3 Å². The Labute approximate surface area is 155 Å². The zero-order valence-corrected chi connectivity index (χ0v) is 14.9. The molecule has 146 valence electrons. The van der Waals surface area contributed by atoms with Crippen LogP contribution in [0.3, 0.4) is 0 Å². The number of ether oxygens (including phenoxy) is 2. The van der Waals surface area contributed by atoms with Crippen LogP contribution in [0.5, 0.6) is 11.5 Å². The largest absolute Gasteiger partial charge is 0.494 e. The molecule has 0 fully saturated rings. The molecule has 1 heterocycles. The summed E-state index contributed by atoms with van der Waals surface area (Å²) in [7, 11) is 0. The lowest BCUT2D eigenvalue weighted by atomic mass is 10.1. The molecule has 2 aromatic rings. The first-order chi connectivity index (χ1) is 12.9. The predicted octanol–water partition coefficient (Wildman–Crippen LogP) is 4.13. The fourth-order valence-corrected chi connectivity index (χ4v) is 2.16. The van der Waals surface area contributed by atoms with E-state index in [-0.39, 0.29) is 17.9 Å². The molecule has 0 unspecified atom stereocenters. The zero-order valence-electron chi connectivity index (χ0n) is 14.9. The van der Waals surface area contributed by atoms with E-state index in [9.17, 15) is 18.0 Å². The first-order valence-corrected chi connectivity index (χ1v) is 8.53. The summed E-state index contributed by atoms with van der Waals surface area (Å²) >= 11 is 0. The van der Waals surface area contributed by atoms with Crippen LogP contribution in [0.25, 0.3) is 0 Å². The number of halogens is 3. The molecule has 0 aliphatic rings. The van der Waals surface area contributed by atoms with Crippen LogP contribution >= 0.6 is 0 Å². The van der Waals surface area contributed by atoms with Crippen LogP contribution in [0.1, 0.15) is 35.8 Å².